The Bertz CT molecular complexity index is 789. The topological polar surface area (TPSA) is 67.9 Å². The molecule has 2 rings (SSSR count). The van der Waals surface area contributed by atoms with Crippen LogP contribution in [0.2, 0.25) is 0 Å². The van der Waals surface area contributed by atoms with E-state index < -0.39 is 6.04 Å². The van der Waals surface area contributed by atoms with Crippen LogP contribution in [0.4, 0.5) is 0 Å². The van der Waals surface area contributed by atoms with Crippen molar-refractivity contribution in [3.8, 4) is 11.5 Å². The van der Waals surface area contributed by atoms with Crippen molar-refractivity contribution in [1.29, 1.82) is 0 Å². The SMILES string of the molecule is CCc1ccc(OCC(=O)N(Cc2cccc(OC)c2)C(C)C(=O)NC)cc1. The number of methoxy groups -OCH3 is 1. The molecule has 1 atom stereocenters. The van der Waals surface area contributed by atoms with E-state index in [1.807, 2.05) is 48.5 Å². The van der Waals surface area contributed by atoms with Crippen molar-refractivity contribution < 1.29 is 19.1 Å². The van der Waals surface area contributed by atoms with Gasteiger partial charge in [0.15, 0.2) is 6.61 Å². The zero-order chi connectivity index (χ0) is 20.5. The summed E-state index contributed by atoms with van der Waals surface area (Å²) in [6.07, 6.45) is 0.942. The van der Waals surface area contributed by atoms with Crippen LogP contribution in [0.25, 0.3) is 0 Å². The Morgan fingerprint density at radius 3 is 2.39 bits per heavy atom. The maximum Gasteiger partial charge on any atom is 0.261 e. The molecule has 0 spiro atoms. The van der Waals surface area contributed by atoms with E-state index in [1.54, 1.807) is 21.1 Å². The molecule has 0 aliphatic carbocycles. The number of nitrogens with zero attached hydrogens (tertiary/aromatic N) is 1. The number of likely N-dealkylation sites (N-methyl/N-ethyl adjacent to an activating group) is 1. The zero-order valence-corrected chi connectivity index (χ0v) is 16.9. The lowest BCUT2D eigenvalue weighted by Gasteiger charge is -2.28. The van der Waals surface area contributed by atoms with E-state index in [-0.39, 0.29) is 25.0 Å². The van der Waals surface area contributed by atoms with Crippen LogP contribution in [0.5, 0.6) is 11.5 Å². The number of benzene rings is 2. The third kappa shape index (κ3) is 5.74. The van der Waals surface area contributed by atoms with Crippen molar-refractivity contribution in [1.82, 2.24) is 10.2 Å². The molecule has 0 heterocycles. The number of ether oxygens (including phenoxy) is 2. The minimum absolute atomic E-state index is 0.142. The van der Waals surface area contributed by atoms with E-state index in [0.29, 0.717) is 11.5 Å². The molecule has 1 unspecified atom stereocenters. The van der Waals surface area contributed by atoms with Gasteiger partial charge < -0.3 is 19.7 Å². The maximum atomic E-state index is 12.9. The average molecular weight is 384 g/mol. The number of amides is 2. The maximum absolute atomic E-state index is 12.9. The Labute approximate surface area is 166 Å². The molecule has 1 N–H and O–H groups in total. The molecule has 6 heteroatoms. The Morgan fingerprint density at radius 1 is 1.07 bits per heavy atom. The van der Waals surface area contributed by atoms with Crippen molar-refractivity contribution in [2.24, 2.45) is 0 Å². The highest BCUT2D eigenvalue weighted by Crippen LogP contribution is 2.17. The lowest BCUT2D eigenvalue weighted by molar-refractivity contribution is -0.142. The Balaban J connectivity index is 2.12. The summed E-state index contributed by atoms with van der Waals surface area (Å²) in [4.78, 5) is 26.5. The van der Waals surface area contributed by atoms with Gasteiger partial charge in [-0.05, 0) is 48.7 Å². The minimum atomic E-state index is -0.630. The van der Waals surface area contributed by atoms with E-state index in [0.717, 1.165) is 12.0 Å². The van der Waals surface area contributed by atoms with Gasteiger partial charge in [-0.1, -0.05) is 31.2 Å². The number of aryl methyl sites for hydroxylation is 1. The third-order valence-electron chi connectivity index (χ3n) is 4.59. The summed E-state index contributed by atoms with van der Waals surface area (Å²) in [5.41, 5.74) is 2.07. The van der Waals surface area contributed by atoms with Crippen LogP contribution < -0.4 is 14.8 Å². The molecule has 0 fully saturated rings. The second-order valence-corrected chi connectivity index (χ2v) is 6.45. The summed E-state index contributed by atoms with van der Waals surface area (Å²) in [6, 6.07) is 14.4. The van der Waals surface area contributed by atoms with Gasteiger partial charge in [-0.25, -0.2) is 0 Å². The summed E-state index contributed by atoms with van der Waals surface area (Å²) in [5, 5.41) is 2.60. The molecule has 0 aromatic heterocycles. The van der Waals surface area contributed by atoms with Gasteiger partial charge in [0.25, 0.3) is 5.91 Å². The van der Waals surface area contributed by atoms with E-state index in [9.17, 15) is 9.59 Å². The van der Waals surface area contributed by atoms with Crippen molar-refractivity contribution in [3.05, 3.63) is 59.7 Å². The summed E-state index contributed by atoms with van der Waals surface area (Å²) < 4.78 is 10.9. The van der Waals surface area contributed by atoms with E-state index in [1.165, 1.54) is 10.5 Å². The molecule has 2 aromatic rings. The Hall–Kier alpha value is -3.02. The number of rotatable bonds is 9. The van der Waals surface area contributed by atoms with Crippen LogP contribution >= 0.6 is 0 Å². The predicted octanol–water partition coefficient (Wildman–Crippen LogP) is 2.80. The van der Waals surface area contributed by atoms with Crippen LogP contribution in [0.3, 0.4) is 0 Å². The number of carbonyl (C=O) groups is 2. The van der Waals surface area contributed by atoms with Crippen LogP contribution in [0, 0.1) is 0 Å². The van der Waals surface area contributed by atoms with Gasteiger partial charge >= 0.3 is 0 Å². The normalized spacial score (nSPS) is 11.4. The van der Waals surface area contributed by atoms with Crippen LogP contribution in [0.1, 0.15) is 25.0 Å². The lowest BCUT2D eigenvalue weighted by Crippen LogP contribution is -2.48. The largest absolute Gasteiger partial charge is 0.497 e. The fourth-order valence-corrected chi connectivity index (χ4v) is 2.81. The standard InChI is InChI=1S/C22H28N2O4/c1-5-17-9-11-19(12-10-17)28-15-21(25)24(16(2)22(26)23-3)14-18-7-6-8-20(13-18)27-4/h6-13,16H,5,14-15H2,1-4H3,(H,23,26). The fraction of sp³-hybridized carbons (Fsp3) is 0.364. The molecule has 0 saturated heterocycles. The second-order valence-electron chi connectivity index (χ2n) is 6.45. The molecule has 0 radical (unpaired) electrons. The number of carbonyl (C=O) groups excluding carboxylic acids is 2. The number of nitrogens with one attached hydrogen (secondary N) is 1. The molecule has 0 saturated carbocycles. The second kappa shape index (κ2) is 10.3. The summed E-state index contributed by atoms with van der Waals surface area (Å²) >= 11 is 0. The number of hydrogen-bond donors (Lipinski definition) is 1. The fourth-order valence-electron chi connectivity index (χ4n) is 2.81. The highest BCUT2D eigenvalue weighted by Gasteiger charge is 2.26. The van der Waals surface area contributed by atoms with Gasteiger partial charge in [0.2, 0.25) is 5.91 Å². The minimum Gasteiger partial charge on any atom is -0.497 e. The highest BCUT2D eigenvalue weighted by atomic mass is 16.5. The van der Waals surface area contributed by atoms with Crippen molar-refractivity contribution in [2.45, 2.75) is 32.9 Å². The molecule has 6 nitrogen and oxygen atoms in total. The van der Waals surface area contributed by atoms with Crippen LogP contribution in [-0.2, 0) is 22.6 Å². The van der Waals surface area contributed by atoms with Gasteiger partial charge in [0.1, 0.15) is 17.5 Å². The third-order valence-corrected chi connectivity index (χ3v) is 4.59. The Kier molecular flexibility index (Phi) is 7.87. The van der Waals surface area contributed by atoms with E-state index in [2.05, 4.69) is 12.2 Å². The quantitative estimate of drug-likeness (QED) is 0.722. The number of hydrogen-bond acceptors (Lipinski definition) is 4. The van der Waals surface area contributed by atoms with Gasteiger partial charge in [-0.2, -0.15) is 0 Å². The van der Waals surface area contributed by atoms with Crippen molar-refractivity contribution >= 4 is 11.8 Å². The molecule has 2 amide bonds. The monoisotopic (exact) mass is 384 g/mol. The molecule has 150 valence electrons. The first-order valence-corrected chi connectivity index (χ1v) is 9.34. The molecule has 28 heavy (non-hydrogen) atoms. The lowest BCUT2D eigenvalue weighted by atomic mass is 10.1. The van der Waals surface area contributed by atoms with Crippen LogP contribution in [0.15, 0.2) is 48.5 Å². The molecule has 0 aliphatic rings. The summed E-state index contributed by atoms with van der Waals surface area (Å²) in [6.45, 7) is 3.92. The van der Waals surface area contributed by atoms with Crippen molar-refractivity contribution in [2.75, 3.05) is 20.8 Å². The highest BCUT2D eigenvalue weighted by molar-refractivity contribution is 5.87. The zero-order valence-electron chi connectivity index (χ0n) is 16.9. The molecule has 2 aromatic carbocycles. The van der Waals surface area contributed by atoms with Gasteiger partial charge in [0.05, 0.1) is 7.11 Å². The first-order valence-electron chi connectivity index (χ1n) is 9.34. The predicted molar refractivity (Wildman–Crippen MR) is 108 cm³/mol. The molecular formula is C22H28N2O4. The van der Waals surface area contributed by atoms with Crippen LogP contribution in [-0.4, -0.2) is 43.5 Å². The Morgan fingerprint density at radius 2 is 1.79 bits per heavy atom. The molecule has 0 aliphatic heterocycles. The first-order chi connectivity index (χ1) is 13.5. The van der Waals surface area contributed by atoms with Gasteiger partial charge in [-0.3, -0.25) is 9.59 Å². The molecule has 0 bridgehead atoms. The first kappa shape index (κ1) is 21.3. The smallest absolute Gasteiger partial charge is 0.261 e. The summed E-state index contributed by atoms with van der Waals surface area (Å²) in [7, 11) is 3.14. The average Bonchev–Trinajstić information content (AvgIpc) is 2.75. The van der Waals surface area contributed by atoms with E-state index in [4.69, 9.17) is 9.47 Å². The van der Waals surface area contributed by atoms with Gasteiger partial charge in [0, 0.05) is 13.6 Å². The van der Waals surface area contributed by atoms with E-state index >= 15 is 0 Å². The van der Waals surface area contributed by atoms with Gasteiger partial charge in [-0.15, -0.1) is 0 Å². The molecular weight excluding hydrogens is 356 g/mol. The summed E-state index contributed by atoms with van der Waals surface area (Å²) in [5.74, 6) is 0.825. The van der Waals surface area contributed by atoms with Crippen molar-refractivity contribution in [3.63, 3.8) is 0 Å².